The van der Waals surface area contributed by atoms with Crippen LogP contribution in [0.15, 0.2) is 18.2 Å². The Balaban J connectivity index is 1.67. The first-order valence-electron chi connectivity index (χ1n) is 7.02. The highest BCUT2D eigenvalue weighted by Crippen LogP contribution is 2.27. The molecule has 0 spiro atoms. The van der Waals surface area contributed by atoms with E-state index in [1.807, 2.05) is 12.1 Å². The van der Waals surface area contributed by atoms with Gasteiger partial charge in [0.1, 0.15) is 5.75 Å². The van der Waals surface area contributed by atoms with Gasteiger partial charge >= 0.3 is 0 Å². The smallest absolute Gasteiger partial charge is 0.120 e. The minimum atomic E-state index is 0.690. The Morgan fingerprint density at radius 3 is 3.16 bits per heavy atom. The van der Waals surface area contributed by atoms with Crippen LogP contribution in [0.25, 0.3) is 10.2 Å². The number of hydrogen-bond donors (Lipinski definition) is 1. The number of aryl methyl sites for hydroxylation is 1. The molecule has 102 valence electrons. The van der Waals surface area contributed by atoms with Crippen LogP contribution >= 0.6 is 11.3 Å². The van der Waals surface area contributed by atoms with Gasteiger partial charge in [-0.05, 0) is 44.0 Å². The van der Waals surface area contributed by atoms with Gasteiger partial charge in [-0.1, -0.05) is 6.42 Å². The SMILES string of the molecule is COc1ccc2nc(CCC3CCCCN3)sc2c1. The zero-order chi connectivity index (χ0) is 13.1. The molecule has 1 saturated heterocycles. The van der Waals surface area contributed by atoms with Gasteiger partial charge in [0.05, 0.1) is 22.3 Å². The lowest BCUT2D eigenvalue weighted by Gasteiger charge is -2.22. The van der Waals surface area contributed by atoms with Crippen molar-refractivity contribution in [2.75, 3.05) is 13.7 Å². The first-order valence-corrected chi connectivity index (χ1v) is 7.83. The lowest BCUT2D eigenvalue weighted by Crippen LogP contribution is -2.34. The van der Waals surface area contributed by atoms with E-state index < -0.39 is 0 Å². The highest BCUT2D eigenvalue weighted by molar-refractivity contribution is 7.18. The molecule has 1 aromatic heterocycles. The Labute approximate surface area is 118 Å². The van der Waals surface area contributed by atoms with E-state index >= 15 is 0 Å². The fourth-order valence-corrected chi connectivity index (χ4v) is 3.67. The number of aromatic nitrogens is 1. The summed E-state index contributed by atoms with van der Waals surface area (Å²) in [6, 6.07) is 6.80. The molecule has 1 unspecified atom stereocenters. The number of methoxy groups -OCH3 is 1. The number of fused-ring (bicyclic) bond motifs is 1. The monoisotopic (exact) mass is 276 g/mol. The Kier molecular flexibility index (Phi) is 3.99. The van der Waals surface area contributed by atoms with E-state index in [4.69, 9.17) is 9.72 Å². The maximum Gasteiger partial charge on any atom is 0.120 e. The van der Waals surface area contributed by atoms with E-state index in [9.17, 15) is 0 Å². The van der Waals surface area contributed by atoms with E-state index in [0.29, 0.717) is 6.04 Å². The number of hydrogen-bond acceptors (Lipinski definition) is 4. The van der Waals surface area contributed by atoms with Crippen molar-refractivity contribution < 1.29 is 4.74 Å². The van der Waals surface area contributed by atoms with E-state index in [1.165, 1.54) is 41.9 Å². The zero-order valence-electron chi connectivity index (χ0n) is 11.3. The van der Waals surface area contributed by atoms with Crippen molar-refractivity contribution in [1.82, 2.24) is 10.3 Å². The lowest BCUT2D eigenvalue weighted by molar-refractivity contribution is 0.383. The van der Waals surface area contributed by atoms with Crippen LogP contribution in [-0.4, -0.2) is 24.7 Å². The minimum absolute atomic E-state index is 0.690. The van der Waals surface area contributed by atoms with Crippen LogP contribution in [0.2, 0.25) is 0 Å². The summed E-state index contributed by atoms with van der Waals surface area (Å²) in [7, 11) is 1.71. The summed E-state index contributed by atoms with van der Waals surface area (Å²) >= 11 is 1.80. The van der Waals surface area contributed by atoms with Crippen molar-refractivity contribution in [3.05, 3.63) is 23.2 Å². The van der Waals surface area contributed by atoms with Crippen LogP contribution in [0.3, 0.4) is 0 Å². The number of nitrogens with one attached hydrogen (secondary N) is 1. The molecule has 1 aliphatic heterocycles. The van der Waals surface area contributed by atoms with Crippen molar-refractivity contribution in [3.8, 4) is 5.75 Å². The van der Waals surface area contributed by atoms with E-state index in [0.717, 1.165) is 17.7 Å². The first-order chi connectivity index (χ1) is 9.35. The molecule has 1 fully saturated rings. The minimum Gasteiger partial charge on any atom is -0.497 e. The number of ether oxygens (including phenoxy) is 1. The van der Waals surface area contributed by atoms with Crippen LogP contribution in [0.4, 0.5) is 0 Å². The van der Waals surface area contributed by atoms with E-state index in [-0.39, 0.29) is 0 Å². The number of nitrogens with zero attached hydrogens (tertiary/aromatic N) is 1. The molecule has 3 rings (SSSR count). The number of thiazole rings is 1. The lowest BCUT2D eigenvalue weighted by atomic mass is 10.0. The predicted octanol–water partition coefficient (Wildman–Crippen LogP) is 3.38. The second-order valence-corrected chi connectivity index (χ2v) is 6.24. The van der Waals surface area contributed by atoms with Gasteiger partial charge in [-0.25, -0.2) is 4.98 Å². The van der Waals surface area contributed by atoms with Crippen LogP contribution in [0.1, 0.15) is 30.7 Å². The molecule has 0 radical (unpaired) electrons. The second-order valence-electron chi connectivity index (χ2n) is 5.13. The normalized spacial score (nSPS) is 19.7. The number of piperidine rings is 1. The average Bonchev–Trinajstić information content (AvgIpc) is 2.88. The van der Waals surface area contributed by atoms with Gasteiger partial charge < -0.3 is 10.1 Å². The summed E-state index contributed by atoms with van der Waals surface area (Å²) in [6.07, 6.45) is 6.31. The number of benzene rings is 1. The Bertz CT molecular complexity index is 546. The van der Waals surface area contributed by atoms with Gasteiger partial charge in [-0.2, -0.15) is 0 Å². The van der Waals surface area contributed by atoms with Gasteiger partial charge in [0.25, 0.3) is 0 Å². The van der Waals surface area contributed by atoms with Gasteiger partial charge in [0, 0.05) is 12.5 Å². The Morgan fingerprint density at radius 2 is 2.37 bits per heavy atom. The summed E-state index contributed by atoms with van der Waals surface area (Å²) in [4.78, 5) is 4.71. The van der Waals surface area contributed by atoms with E-state index in [1.54, 1.807) is 18.4 Å². The molecule has 0 amide bonds. The van der Waals surface area contributed by atoms with Gasteiger partial charge in [-0.3, -0.25) is 0 Å². The number of rotatable bonds is 4. The Morgan fingerprint density at radius 1 is 1.42 bits per heavy atom. The fourth-order valence-electron chi connectivity index (χ4n) is 2.65. The van der Waals surface area contributed by atoms with Crippen molar-refractivity contribution >= 4 is 21.6 Å². The van der Waals surface area contributed by atoms with Crippen LogP contribution in [0.5, 0.6) is 5.75 Å². The maximum atomic E-state index is 5.26. The fraction of sp³-hybridized carbons (Fsp3) is 0.533. The third-order valence-corrected chi connectivity index (χ3v) is 4.84. The molecule has 3 nitrogen and oxygen atoms in total. The highest BCUT2D eigenvalue weighted by atomic mass is 32.1. The van der Waals surface area contributed by atoms with Crippen molar-refractivity contribution in [2.24, 2.45) is 0 Å². The summed E-state index contributed by atoms with van der Waals surface area (Å²) < 4.78 is 6.48. The molecule has 0 bridgehead atoms. The molecule has 1 N–H and O–H groups in total. The molecule has 1 atom stereocenters. The molecule has 1 aliphatic rings. The molecule has 1 aromatic carbocycles. The highest BCUT2D eigenvalue weighted by Gasteiger charge is 2.13. The molecule has 2 aromatic rings. The topological polar surface area (TPSA) is 34.1 Å². The molecule has 19 heavy (non-hydrogen) atoms. The second kappa shape index (κ2) is 5.88. The third kappa shape index (κ3) is 3.07. The standard InChI is InChI=1S/C15H20N2OS/c1-18-12-6-7-13-14(10-12)19-15(17-13)8-5-11-4-2-3-9-16-11/h6-7,10-11,16H,2-5,8-9H2,1H3. The molecule has 4 heteroatoms. The summed E-state index contributed by atoms with van der Waals surface area (Å²) in [6.45, 7) is 1.18. The van der Waals surface area contributed by atoms with Crippen molar-refractivity contribution in [1.29, 1.82) is 0 Å². The molecular formula is C15H20N2OS. The predicted molar refractivity (Wildman–Crippen MR) is 80.1 cm³/mol. The summed E-state index contributed by atoms with van der Waals surface area (Å²) in [5.74, 6) is 0.914. The van der Waals surface area contributed by atoms with Crippen molar-refractivity contribution in [3.63, 3.8) is 0 Å². The molecule has 0 saturated carbocycles. The van der Waals surface area contributed by atoms with Crippen LogP contribution < -0.4 is 10.1 Å². The third-order valence-electron chi connectivity index (χ3n) is 3.76. The zero-order valence-corrected chi connectivity index (χ0v) is 12.1. The van der Waals surface area contributed by atoms with E-state index in [2.05, 4.69) is 11.4 Å². The van der Waals surface area contributed by atoms with Gasteiger partial charge in [0.2, 0.25) is 0 Å². The van der Waals surface area contributed by atoms with Gasteiger partial charge in [0.15, 0.2) is 0 Å². The van der Waals surface area contributed by atoms with Crippen molar-refractivity contribution in [2.45, 2.75) is 38.1 Å². The largest absolute Gasteiger partial charge is 0.497 e. The molecular weight excluding hydrogens is 256 g/mol. The summed E-state index contributed by atoms with van der Waals surface area (Å²) in [5.41, 5.74) is 1.09. The quantitative estimate of drug-likeness (QED) is 0.929. The van der Waals surface area contributed by atoms with Gasteiger partial charge in [-0.15, -0.1) is 11.3 Å². The average molecular weight is 276 g/mol. The molecule has 0 aliphatic carbocycles. The van der Waals surface area contributed by atoms with Crippen LogP contribution in [0, 0.1) is 0 Å². The molecule has 2 heterocycles. The maximum absolute atomic E-state index is 5.26. The Hall–Kier alpha value is -1.13. The first kappa shape index (κ1) is 12.9. The van der Waals surface area contributed by atoms with Crippen LogP contribution in [-0.2, 0) is 6.42 Å². The summed E-state index contributed by atoms with van der Waals surface area (Å²) in [5, 5.41) is 4.84.